The Balaban J connectivity index is 2.70. The average Bonchev–Trinajstić information content (AvgIpc) is 2.75. The maximum atomic E-state index is 11.7. The molecule has 0 aliphatic rings. The van der Waals surface area contributed by atoms with Gasteiger partial charge in [-0.25, -0.2) is 4.79 Å². The van der Waals surface area contributed by atoms with Crippen LogP contribution < -0.4 is 5.73 Å². The first kappa shape index (κ1) is 12.5. The van der Waals surface area contributed by atoms with Crippen molar-refractivity contribution in [2.45, 2.75) is 0 Å². The number of phenolic OH excluding ortho intramolecular Hbond substituents is 1. The molecule has 0 unspecified atom stereocenters. The van der Waals surface area contributed by atoms with Gasteiger partial charge in [0.1, 0.15) is 11.8 Å². The predicted octanol–water partition coefficient (Wildman–Crippen LogP) is 1.42. The van der Waals surface area contributed by atoms with Crippen molar-refractivity contribution in [3.8, 4) is 17.5 Å². The lowest BCUT2D eigenvalue weighted by molar-refractivity contribution is 0.0593. The number of esters is 1. The maximum Gasteiger partial charge on any atom is 0.357 e. The Hall–Kier alpha value is -2.94. The van der Waals surface area contributed by atoms with Crippen LogP contribution in [0.25, 0.3) is 5.69 Å². The minimum atomic E-state index is -0.651. The van der Waals surface area contributed by atoms with E-state index in [1.165, 1.54) is 30.0 Å². The molecular formula is C13H11N3O3. The van der Waals surface area contributed by atoms with Gasteiger partial charge in [-0.05, 0) is 12.1 Å². The van der Waals surface area contributed by atoms with Gasteiger partial charge in [-0.15, -0.1) is 0 Å². The number of carbonyl (C=O) groups excluding carboxylic acids is 1. The molecule has 0 saturated heterocycles. The SMILES string of the molecule is COC(=O)c1c(N)c(C#N)cn1-c1cccc(O)c1. The number of methoxy groups -OCH3 is 1. The molecule has 2 rings (SSSR count). The third kappa shape index (κ3) is 2.09. The first-order valence-corrected chi connectivity index (χ1v) is 5.37. The zero-order valence-electron chi connectivity index (χ0n) is 10.1. The summed E-state index contributed by atoms with van der Waals surface area (Å²) in [4.78, 5) is 11.7. The molecule has 0 fully saturated rings. The van der Waals surface area contributed by atoms with E-state index in [1.807, 2.05) is 6.07 Å². The van der Waals surface area contributed by atoms with E-state index >= 15 is 0 Å². The number of ether oxygens (including phenoxy) is 1. The Morgan fingerprint density at radius 2 is 2.26 bits per heavy atom. The smallest absolute Gasteiger partial charge is 0.357 e. The maximum absolute atomic E-state index is 11.7. The van der Waals surface area contributed by atoms with Gasteiger partial charge in [0.25, 0.3) is 0 Å². The number of carbonyl (C=O) groups is 1. The van der Waals surface area contributed by atoms with Crippen molar-refractivity contribution in [1.29, 1.82) is 5.26 Å². The fraction of sp³-hybridized carbons (Fsp3) is 0.0769. The van der Waals surface area contributed by atoms with Crippen molar-refractivity contribution < 1.29 is 14.6 Å². The van der Waals surface area contributed by atoms with Gasteiger partial charge in [0.05, 0.1) is 18.4 Å². The summed E-state index contributed by atoms with van der Waals surface area (Å²) in [7, 11) is 1.23. The van der Waals surface area contributed by atoms with Crippen molar-refractivity contribution in [1.82, 2.24) is 4.57 Å². The molecule has 0 radical (unpaired) electrons. The number of anilines is 1. The Morgan fingerprint density at radius 3 is 2.84 bits per heavy atom. The number of nitrogens with two attached hydrogens (primary N) is 1. The van der Waals surface area contributed by atoms with E-state index in [0.717, 1.165) is 0 Å². The van der Waals surface area contributed by atoms with Crippen molar-refractivity contribution >= 4 is 11.7 Å². The Kier molecular flexibility index (Phi) is 3.12. The lowest BCUT2D eigenvalue weighted by Gasteiger charge is -2.08. The highest BCUT2D eigenvalue weighted by Crippen LogP contribution is 2.26. The molecule has 0 saturated carbocycles. The minimum Gasteiger partial charge on any atom is -0.508 e. The van der Waals surface area contributed by atoms with Crippen LogP contribution in [0.5, 0.6) is 5.75 Å². The summed E-state index contributed by atoms with van der Waals surface area (Å²) < 4.78 is 6.07. The number of hydrogen-bond donors (Lipinski definition) is 2. The quantitative estimate of drug-likeness (QED) is 0.792. The summed E-state index contributed by atoms with van der Waals surface area (Å²) in [5.41, 5.74) is 6.55. The molecule has 6 heteroatoms. The van der Waals surface area contributed by atoms with Crippen LogP contribution >= 0.6 is 0 Å². The second-order valence-corrected chi connectivity index (χ2v) is 3.80. The van der Waals surface area contributed by atoms with Gasteiger partial charge >= 0.3 is 5.97 Å². The molecule has 0 aliphatic carbocycles. The third-order valence-corrected chi connectivity index (χ3v) is 2.65. The molecule has 2 aromatic rings. The fourth-order valence-electron chi connectivity index (χ4n) is 1.76. The second kappa shape index (κ2) is 4.74. The summed E-state index contributed by atoms with van der Waals surface area (Å²) in [6.45, 7) is 0. The van der Waals surface area contributed by atoms with Crippen LogP contribution in [0.3, 0.4) is 0 Å². The molecule has 0 aliphatic heterocycles. The number of aromatic hydroxyl groups is 1. The predicted molar refractivity (Wildman–Crippen MR) is 67.9 cm³/mol. The van der Waals surface area contributed by atoms with Crippen LogP contribution in [-0.4, -0.2) is 22.8 Å². The van der Waals surface area contributed by atoms with E-state index in [4.69, 9.17) is 11.0 Å². The number of aromatic nitrogens is 1. The monoisotopic (exact) mass is 257 g/mol. The molecule has 96 valence electrons. The third-order valence-electron chi connectivity index (χ3n) is 2.65. The standard InChI is InChI=1S/C13H11N3O3/c1-19-13(18)12-11(15)8(6-14)7-16(12)9-3-2-4-10(17)5-9/h2-5,7,17H,15H2,1H3. The van der Waals surface area contributed by atoms with Crippen molar-refractivity contribution in [2.75, 3.05) is 12.8 Å². The number of benzene rings is 1. The topological polar surface area (TPSA) is 101 Å². The number of phenols is 1. The zero-order valence-corrected chi connectivity index (χ0v) is 10.1. The Bertz CT molecular complexity index is 683. The average molecular weight is 257 g/mol. The van der Waals surface area contributed by atoms with Crippen molar-refractivity contribution in [3.05, 3.63) is 41.7 Å². The summed E-state index contributed by atoms with van der Waals surface area (Å²) in [5, 5.41) is 18.4. The highest BCUT2D eigenvalue weighted by atomic mass is 16.5. The Morgan fingerprint density at radius 1 is 1.53 bits per heavy atom. The molecule has 3 N–H and O–H groups in total. The highest BCUT2D eigenvalue weighted by molar-refractivity contribution is 5.95. The van der Waals surface area contributed by atoms with Gasteiger partial charge in [-0.2, -0.15) is 5.26 Å². The summed E-state index contributed by atoms with van der Waals surface area (Å²) >= 11 is 0. The molecule has 1 heterocycles. The first-order valence-electron chi connectivity index (χ1n) is 5.37. The highest BCUT2D eigenvalue weighted by Gasteiger charge is 2.21. The largest absolute Gasteiger partial charge is 0.508 e. The van der Waals surface area contributed by atoms with Crippen molar-refractivity contribution in [2.24, 2.45) is 0 Å². The molecular weight excluding hydrogens is 246 g/mol. The fourth-order valence-corrected chi connectivity index (χ4v) is 1.76. The molecule has 1 aromatic carbocycles. The van der Waals surface area contributed by atoms with Gasteiger partial charge in [-0.3, -0.25) is 0 Å². The lowest BCUT2D eigenvalue weighted by atomic mass is 10.2. The number of nitrogen functional groups attached to an aromatic ring is 1. The van der Waals surface area contributed by atoms with Crippen LogP contribution in [-0.2, 0) is 4.74 Å². The summed E-state index contributed by atoms with van der Waals surface area (Å²) in [6, 6.07) is 8.15. The van der Waals surface area contributed by atoms with Gasteiger partial charge in [0.15, 0.2) is 5.69 Å². The molecule has 0 bridgehead atoms. The van der Waals surface area contributed by atoms with Gasteiger partial charge < -0.3 is 20.1 Å². The van der Waals surface area contributed by atoms with Gasteiger partial charge in [0, 0.05) is 18.0 Å². The number of rotatable bonds is 2. The van der Waals surface area contributed by atoms with E-state index in [1.54, 1.807) is 12.1 Å². The second-order valence-electron chi connectivity index (χ2n) is 3.80. The first-order chi connectivity index (χ1) is 9.08. The van der Waals surface area contributed by atoms with Crippen LogP contribution in [0.4, 0.5) is 5.69 Å². The van der Waals surface area contributed by atoms with Crippen molar-refractivity contribution in [3.63, 3.8) is 0 Å². The van der Waals surface area contributed by atoms with Crippen LogP contribution in [0.2, 0.25) is 0 Å². The molecule has 0 spiro atoms. The van der Waals surface area contributed by atoms with Crippen LogP contribution in [0, 0.1) is 11.3 Å². The van der Waals surface area contributed by atoms with E-state index in [0.29, 0.717) is 5.69 Å². The van der Waals surface area contributed by atoms with Gasteiger partial charge in [0.2, 0.25) is 0 Å². The van der Waals surface area contributed by atoms with Crippen LogP contribution in [0.15, 0.2) is 30.5 Å². The normalized spacial score (nSPS) is 9.89. The molecule has 0 atom stereocenters. The van der Waals surface area contributed by atoms with Gasteiger partial charge in [-0.1, -0.05) is 6.07 Å². The molecule has 19 heavy (non-hydrogen) atoms. The molecule has 1 aromatic heterocycles. The van der Waals surface area contributed by atoms with E-state index in [9.17, 15) is 9.90 Å². The lowest BCUT2D eigenvalue weighted by Crippen LogP contribution is -2.11. The Labute approximate surface area is 109 Å². The molecule has 0 amide bonds. The summed E-state index contributed by atoms with van der Waals surface area (Å²) in [6.07, 6.45) is 1.43. The number of nitriles is 1. The van der Waals surface area contributed by atoms with Crippen LogP contribution in [0.1, 0.15) is 16.1 Å². The minimum absolute atomic E-state index is 0.0408. The zero-order chi connectivity index (χ0) is 14.0. The summed E-state index contributed by atoms with van der Waals surface area (Å²) in [5.74, 6) is -0.610. The molecule has 6 nitrogen and oxygen atoms in total. The van der Waals surface area contributed by atoms with E-state index in [2.05, 4.69) is 4.74 Å². The number of nitrogens with zero attached hydrogens (tertiary/aromatic N) is 2. The number of hydrogen-bond acceptors (Lipinski definition) is 5. The van der Waals surface area contributed by atoms with E-state index in [-0.39, 0.29) is 22.7 Å². The van der Waals surface area contributed by atoms with E-state index < -0.39 is 5.97 Å².